The number of halogens is 1. The minimum atomic E-state index is -0.488. The average molecular weight is 629 g/mol. The number of anilines is 2. The second-order valence-electron chi connectivity index (χ2n) is 10.9. The van der Waals surface area contributed by atoms with Crippen molar-refractivity contribution in [2.75, 3.05) is 36.0 Å². The zero-order chi connectivity index (χ0) is 31.5. The van der Waals surface area contributed by atoms with Crippen LogP contribution in [0.5, 0.6) is 11.5 Å². The summed E-state index contributed by atoms with van der Waals surface area (Å²) in [5.41, 5.74) is 3.65. The summed E-state index contributed by atoms with van der Waals surface area (Å²) in [6.45, 7) is 5.00. The minimum Gasteiger partial charge on any atom is -0.465 e. The summed E-state index contributed by atoms with van der Waals surface area (Å²) in [6, 6.07) is 13.6. The fourth-order valence-electron chi connectivity index (χ4n) is 5.46. The predicted molar refractivity (Wildman–Crippen MR) is 172 cm³/mol. The molecule has 1 N–H and O–H groups in total. The smallest absolute Gasteiger partial charge is 0.325 e. The van der Waals surface area contributed by atoms with Gasteiger partial charge in [-0.3, -0.25) is 19.4 Å². The first-order chi connectivity index (χ1) is 21.8. The molecular formula is C34H33ClN4O6. The summed E-state index contributed by atoms with van der Waals surface area (Å²) in [5.74, 6) is 0.257. The van der Waals surface area contributed by atoms with Crippen molar-refractivity contribution in [3.05, 3.63) is 82.8 Å². The molecule has 3 heterocycles. The second-order valence-corrected chi connectivity index (χ2v) is 11.3. The van der Waals surface area contributed by atoms with Crippen LogP contribution < -0.4 is 19.9 Å². The number of aromatic nitrogens is 1. The van der Waals surface area contributed by atoms with E-state index in [2.05, 4.69) is 21.3 Å². The second kappa shape index (κ2) is 13.0. The monoisotopic (exact) mass is 628 g/mol. The number of benzene rings is 2. The van der Waals surface area contributed by atoms with E-state index in [4.69, 9.17) is 25.5 Å². The van der Waals surface area contributed by atoms with Crippen molar-refractivity contribution in [3.63, 3.8) is 0 Å². The lowest BCUT2D eigenvalue weighted by Crippen LogP contribution is -2.45. The summed E-state index contributed by atoms with van der Waals surface area (Å²) in [6.07, 6.45) is 8.87. The summed E-state index contributed by atoms with van der Waals surface area (Å²) in [4.78, 5) is 45.9. The molecule has 2 aromatic heterocycles. The Kier molecular flexibility index (Phi) is 8.75. The van der Waals surface area contributed by atoms with E-state index in [1.807, 2.05) is 25.1 Å². The lowest BCUT2D eigenvalue weighted by molar-refractivity contribution is -0.143. The Bertz CT molecular complexity index is 1800. The van der Waals surface area contributed by atoms with Crippen LogP contribution in [0.4, 0.5) is 11.4 Å². The van der Waals surface area contributed by atoms with E-state index < -0.39 is 5.97 Å². The van der Waals surface area contributed by atoms with Crippen molar-refractivity contribution in [2.45, 2.75) is 39.2 Å². The van der Waals surface area contributed by atoms with Gasteiger partial charge in [-0.05, 0) is 57.0 Å². The molecule has 10 nitrogen and oxygen atoms in total. The molecule has 232 valence electrons. The maximum atomic E-state index is 14.0. The van der Waals surface area contributed by atoms with Crippen LogP contribution in [0.15, 0.2) is 65.4 Å². The number of esters is 1. The zero-order valence-electron chi connectivity index (χ0n) is 25.0. The fraction of sp³-hybridized carbons (Fsp3) is 0.294. The molecule has 11 heteroatoms. The third-order valence-corrected chi connectivity index (χ3v) is 8.14. The minimum absolute atomic E-state index is 0.0595. The number of ether oxygens (including phenoxy) is 2. The van der Waals surface area contributed by atoms with Crippen LogP contribution in [0, 0.1) is 6.92 Å². The van der Waals surface area contributed by atoms with Gasteiger partial charge in [0.2, 0.25) is 5.91 Å². The van der Waals surface area contributed by atoms with Crippen molar-refractivity contribution < 1.29 is 28.3 Å². The van der Waals surface area contributed by atoms with E-state index in [9.17, 15) is 14.4 Å². The highest BCUT2D eigenvalue weighted by molar-refractivity contribution is 6.32. The molecular weight excluding hydrogens is 596 g/mol. The third-order valence-electron chi connectivity index (χ3n) is 7.85. The summed E-state index contributed by atoms with van der Waals surface area (Å²) >= 11 is 6.63. The first-order valence-electron chi connectivity index (χ1n) is 14.9. The SMILES string of the molecule is CCOC(=O)CNC(=O)C/C=C/c1oc2cc(Cl)c(Oc3ccncc3C(=O)N3CCN(C4CC4)c4ccccc43)cc2c1C. The van der Waals surface area contributed by atoms with Crippen molar-refractivity contribution >= 4 is 57.8 Å². The van der Waals surface area contributed by atoms with Gasteiger partial charge in [-0.15, -0.1) is 0 Å². The van der Waals surface area contributed by atoms with Crippen LogP contribution in [0.25, 0.3) is 17.0 Å². The molecule has 4 aromatic rings. The molecule has 1 fully saturated rings. The van der Waals surface area contributed by atoms with Gasteiger partial charge in [-0.2, -0.15) is 0 Å². The predicted octanol–water partition coefficient (Wildman–Crippen LogP) is 6.29. The Hall–Kier alpha value is -4.83. The molecule has 2 aliphatic rings. The molecule has 0 saturated heterocycles. The number of hydrogen-bond donors (Lipinski definition) is 1. The highest BCUT2D eigenvalue weighted by atomic mass is 35.5. The molecule has 0 unspecified atom stereocenters. The van der Waals surface area contributed by atoms with Gasteiger partial charge in [0, 0.05) is 55.0 Å². The van der Waals surface area contributed by atoms with Crippen molar-refractivity contribution in [1.29, 1.82) is 0 Å². The van der Waals surface area contributed by atoms with Crippen LogP contribution in [-0.2, 0) is 14.3 Å². The van der Waals surface area contributed by atoms with Crippen molar-refractivity contribution in [1.82, 2.24) is 10.3 Å². The highest BCUT2D eigenvalue weighted by Gasteiger charge is 2.36. The molecule has 0 spiro atoms. The molecule has 0 bridgehead atoms. The molecule has 1 saturated carbocycles. The lowest BCUT2D eigenvalue weighted by atomic mass is 10.1. The van der Waals surface area contributed by atoms with Gasteiger partial charge in [-0.1, -0.05) is 29.8 Å². The topological polar surface area (TPSA) is 114 Å². The van der Waals surface area contributed by atoms with Crippen LogP contribution in [0.1, 0.15) is 47.9 Å². The van der Waals surface area contributed by atoms with E-state index in [1.165, 1.54) is 19.0 Å². The Morgan fingerprint density at radius 3 is 2.69 bits per heavy atom. The van der Waals surface area contributed by atoms with Crippen molar-refractivity contribution in [2.24, 2.45) is 0 Å². The molecule has 1 aliphatic carbocycles. The Balaban J connectivity index is 1.20. The Labute approximate surface area is 265 Å². The molecule has 2 aromatic carbocycles. The summed E-state index contributed by atoms with van der Waals surface area (Å²) in [5, 5.41) is 3.60. The maximum absolute atomic E-state index is 14.0. The number of fused-ring (bicyclic) bond motifs is 2. The molecule has 2 amide bonds. The normalized spacial score (nSPS) is 14.5. The largest absolute Gasteiger partial charge is 0.465 e. The standard InChI is InChI=1S/C34H33ClN4O6/c1-3-43-33(41)20-37-32(40)10-6-9-28-21(2)23-17-31(25(35)18-30(23)44-28)45-29-13-14-36-19-24(29)34(42)39-16-15-38(22-11-12-22)26-7-4-5-8-27(26)39/h4-9,13-14,17-19,22H,3,10-12,15-16,20H2,1-2H3,(H,37,40)/b9-6+. The summed E-state index contributed by atoms with van der Waals surface area (Å²) < 4.78 is 17.1. The molecule has 45 heavy (non-hydrogen) atoms. The van der Waals surface area contributed by atoms with Gasteiger partial charge in [-0.25, -0.2) is 0 Å². The van der Waals surface area contributed by atoms with Crippen LogP contribution >= 0.6 is 11.6 Å². The van der Waals surface area contributed by atoms with Crippen LogP contribution in [0.3, 0.4) is 0 Å². The van der Waals surface area contributed by atoms with E-state index in [0.29, 0.717) is 46.0 Å². The first-order valence-corrected chi connectivity index (χ1v) is 15.3. The number of aryl methyl sites for hydroxylation is 1. The number of rotatable bonds is 10. The van der Waals surface area contributed by atoms with Crippen LogP contribution in [-0.4, -0.2) is 55.1 Å². The van der Waals surface area contributed by atoms with Gasteiger partial charge in [0.15, 0.2) is 0 Å². The van der Waals surface area contributed by atoms with Gasteiger partial charge >= 0.3 is 5.97 Å². The zero-order valence-corrected chi connectivity index (χ0v) is 25.8. The number of carbonyl (C=O) groups is 3. The Morgan fingerprint density at radius 2 is 1.91 bits per heavy atom. The molecule has 1 aliphatic heterocycles. The number of para-hydroxylation sites is 2. The van der Waals surface area contributed by atoms with E-state index in [1.54, 1.807) is 48.4 Å². The maximum Gasteiger partial charge on any atom is 0.325 e. The molecule has 0 radical (unpaired) electrons. The van der Waals surface area contributed by atoms with E-state index >= 15 is 0 Å². The highest BCUT2D eigenvalue weighted by Crippen LogP contribution is 2.42. The number of hydrogen-bond acceptors (Lipinski definition) is 8. The van der Waals surface area contributed by atoms with Crippen molar-refractivity contribution in [3.8, 4) is 11.5 Å². The number of carbonyl (C=O) groups excluding carboxylic acids is 3. The number of amides is 2. The van der Waals surface area contributed by atoms with E-state index in [0.717, 1.165) is 28.9 Å². The Morgan fingerprint density at radius 1 is 1.11 bits per heavy atom. The third kappa shape index (κ3) is 6.51. The number of nitrogens with zero attached hydrogens (tertiary/aromatic N) is 3. The molecule has 0 atom stereocenters. The van der Waals surface area contributed by atoms with Gasteiger partial charge in [0.05, 0.1) is 23.0 Å². The molecule has 6 rings (SSSR count). The number of furan rings is 1. The van der Waals surface area contributed by atoms with Gasteiger partial charge in [0.1, 0.15) is 35.0 Å². The lowest BCUT2D eigenvalue weighted by Gasteiger charge is -2.38. The van der Waals surface area contributed by atoms with Crippen LogP contribution in [0.2, 0.25) is 5.02 Å². The van der Waals surface area contributed by atoms with Gasteiger partial charge in [0.25, 0.3) is 5.91 Å². The number of nitrogens with one attached hydrogen (secondary N) is 1. The quantitative estimate of drug-likeness (QED) is 0.204. The summed E-state index contributed by atoms with van der Waals surface area (Å²) in [7, 11) is 0. The number of pyridine rings is 1. The van der Waals surface area contributed by atoms with Gasteiger partial charge < -0.3 is 29.0 Å². The average Bonchev–Trinajstić information content (AvgIpc) is 3.85. The fourth-order valence-corrected chi connectivity index (χ4v) is 5.65. The van der Waals surface area contributed by atoms with E-state index in [-0.39, 0.29) is 31.4 Å². The first kappa shape index (κ1) is 30.2.